The topological polar surface area (TPSA) is 78.9 Å². The smallest absolute Gasteiger partial charge is 0.230 e. The number of carbonyl (C=O) groups is 1. The molecule has 3 N–H and O–H groups in total. The van der Waals surface area contributed by atoms with E-state index in [1.54, 1.807) is 4.90 Å². The van der Waals surface area contributed by atoms with Crippen molar-refractivity contribution in [3.8, 4) is 0 Å². The van der Waals surface area contributed by atoms with Crippen molar-refractivity contribution in [3.63, 3.8) is 0 Å². The van der Waals surface area contributed by atoms with E-state index in [1.165, 1.54) is 0 Å². The van der Waals surface area contributed by atoms with Crippen LogP contribution < -0.4 is 5.73 Å². The molecule has 0 aromatic rings. The first-order valence-electron chi connectivity index (χ1n) is 4.80. The molecule has 5 nitrogen and oxygen atoms in total. The number of likely N-dealkylation sites (tertiary alicyclic amines) is 1. The Kier molecular flexibility index (Phi) is 3.33. The zero-order chi connectivity index (χ0) is 10.7. The van der Waals surface area contributed by atoms with E-state index in [1.807, 2.05) is 6.92 Å². The fraction of sp³-hybridized carbons (Fsp3) is 0.778. The number of carbonyl (C=O) groups excluding carboxylic acids is 1. The fourth-order valence-corrected chi connectivity index (χ4v) is 1.94. The molecule has 80 valence electrons. The van der Waals surface area contributed by atoms with E-state index in [0.29, 0.717) is 5.92 Å². The lowest BCUT2D eigenvalue weighted by Crippen LogP contribution is -2.36. The van der Waals surface area contributed by atoms with Crippen molar-refractivity contribution in [1.29, 1.82) is 0 Å². The second kappa shape index (κ2) is 4.30. The summed E-state index contributed by atoms with van der Waals surface area (Å²) in [5.74, 6) is 0.458. The highest BCUT2D eigenvalue weighted by Gasteiger charge is 2.29. The molecule has 1 aliphatic heterocycles. The molecule has 1 heterocycles. The largest absolute Gasteiger partial charge is 0.409 e. The maximum absolute atomic E-state index is 11.6. The Hall–Kier alpha value is -1.26. The van der Waals surface area contributed by atoms with Crippen LogP contribution in [0.1, 0.15) is 26.7 Å². The van der Waals surface area contributed by atoms with Gasteiger partial charge < -0.3 is 15.8 Å². The molecule has 5 heteroatoms. The maximum Gasteiger partial charge on any atom is 0.230 e. The minimum atomic E-state index is -0.0582. The minimum Gasteiger partial charge on any atom is -0.409 e. The molecule has 2 unspecified atom stereocenters. The molecule has 0 spiro atoms. The van der Waals surface area contributed by atoms with Crippen molar-refractivity contribution in [1.82, 2.24) is 4.90 Å². The van der Waals surface area contributed by atoms with Gasteiger partial charge in [-0.05, 0) is 19.3 Å². The monoisotopic (exact) mass is 199 g/mol. The van der Waals surface area contributed by atoms with Crippen LogP contribution in [0.4, 0.5) is 0 Å². The van der Waals surface area contributed by atoms with Gasteiger partial charge in [0.25, 0.3) is 0 Å². The molecule has 1 aliphatic rings. The Labute approximate surface area is 83.6 Å². The summed E-state index contributed by atoms with van der Waals surface area (Å²) < 4.78 is 0. The quantitative estimate of drug-likeness (QED) is 0.292. The molecule has 2 atom stereocenters. The van der Waals surface area contributed by atoms with Gasteiger partial charge in [-0.1, -0.05) is 12.1 Å². The van der Waals surface area contributed by atoms with Gasteiger partial charge in [-0.25, -0.2) is 0 Å². The SMILES string of the molecule is CC1CC(C)N(C(=O)CC(N)=NO)C1. The maximum atomic E-state index is 11.6. The van der Waals surface area contributed by atoms with Crippen LogP contribution >= 0.6 is 0 Å². The van der Waals surface area contributed by atoms with E-state index in [4.69, 9.17) is 10.9 Å². The van der Waals surface area contributed by atoms with Crippen LogP contribution in [0.3, 0.4) is 0 Å². The zero-order valence-electron chi connectivity index (χ0n) is 8.60. The van der Waals surface area contributed by atoms with E-state index in [9.17, 15) is 4.79 Å². The van der Waals surface area contributed by atoms with Gasteiger partial charge in [0.2, 0.25) is 5.91 Å². The summed E-state index contributed by atoms with van der Waals surface area (Å²) in [6.45, 7) is 4.92. The van der Waals surface area contributed by atoms with Crippen molar-refractivity contribution < 1.29 is 10.0 Å². The Morgan fingerprint density at radius 1 is 1.64 bits per heavy atom. The second-order valence-corrected chi connectivity index (χ2v) is 4.00. The predicted molar refractivity (Wildman–Crippen MR) is 53.0 cm³/mol. The Bertz CT molecular complexity index is 252. The van der Waals surface area contributed by atoms with Gasteiger partial charge in [0.1, 0.15) is 5.84 Å². The van der Waals surface area contributed by atoms with Crippen molar-refractivity contribution in [3.05, 3.63) is 0 Å². The lowest BCUT2D eigenvalue weighted by atomic mass is 10.1. The molecule has 1 rings (SSSR count). The molecule has 14 heavy (non-hydrogen) atoms. The lowest BCUT2D eigenvalue weighted by Gasteiger charge is -2.20. The molecule has 1 amide bonds. The number of amidine groups is 1. The number of rotatable bonds is 2. The van der Waals surface area contributed by atoms with E-state index in [-0.39, 0.29) is 24.2 Å². The van der Waals surface area contributed by atoms with Crippen molar-refractivity contribution in [2.45, 2.75) is 32.7 Å². The van der Waals surface area contributed by atoms with Crippen molar-refractivity contribution in [2.24, 2.45) is 16.8 Å². The van der Waals surface area contributed by atoms with Crippen LogP contribution in [-0.4, -0.2) is 34.4 Å². The number of nitrogens with two attached hydrogens (primary N) is 1. The van der Waals surface area contributed by atoms with Crippen molar-refractivity contribution >= 4 is 11.7 Å². The highest BCUT2D eigenvalue weighted by Crippen LogP contribution is 2.22. The average molecular weight is 199 g/mol. The fourth-order valence-electron chi connectivity index (χ4n) is 1.94. The summed E-state index contributed by atoms with van der Waals surface area (Å²) in [5.41, 5.74) is 5.27. The molecular formula is C9H17N3O2. The molecular weight excluding hydrogens is 182 g/mol. The van der Waals surface area contributed by atoms with Crippen LogP contribution in [0.15, 0.2) is 5.16 Å². The summed E-state index contributed by atoms with van der Waals surface area (Å²) in [6.07, 6.45) is 1.04. The highest BCUT2D eigenvalue weighted by molar-refractivity contribution is 5.98. The lowest BCUT2D eigenvalue weighted by molar-refractivity contribution is -0.130. The average Bonchev–Trinajstić information content (AvgIpc) is 2.45. The third-order valence-electron chi connectivity index (χ3n) is 2.57. The summed E-state index contributed by atoms with van der Waals surface area (Å²) >= 11 is 0. The van der Waals surface area contributed by atoms with E-state index < -0.39 is 0 Å². The number of oxime groups is 1. The Morgan fingerprint density at radius 3 is 2.71 bits per heavy atom. The van der Waals surface area contributed by atoms with Gasteiger partial charge >= 0.3 is 0 Å². The zero-order valence-corrected chi connectivity index (χ0v) is 8.60. The van der Waals surface area contributed by atoms with E-state index >= 15 is 0 Å². The van der Waals surface area contributed by atoms with Gasteiger partial charge in [0.15, 0.2) is 0 Å². The summed E-state index contributed by atoms with van der Waals surface area (Å²) in [6, 6.07) is 0.268. The number of hydrogen-bond acceptors (Lipinski definition) is 3. The van der Waals surface area contributed by atoms with Gasteiger partial charge in [-0.15, -0.1) is 0 Å². The van der Waals surface area contributed by atoms with Crippen LogP contribution in [0, 0.1) is 5.92 Å². The normalized spacial score (nSPS) is 28.1. The molecule has 0 aliphatic carbocycles. The van der Waals surface area contributed by atoms with Crippen LogP contribution in [0.5, 0.6) is 0 Å². The Morgan fingerprint density at radius 2 is 2.29 bits per heavy atom. The van der Waals surface area contributed by atoms with Crippen LogP contribution in [0.2, 0.25) is 0 Å². The molecule has 0 bridgehead atoms. The number of nitrogens with zero attached hydrogens (tertiary/aromatic N) is 2. The second-order valence-electron chi connectivity index (χ2n) is 4.00. The first-order chi connectivity index (χ1) is 6.54. The van der Waals surface area contributed by atoms with Crippen LogP contribution in [0.25, 0.3) is 0 Å². The third kappa shape index (κ3) is 2.37. The van der Waals surface area contributed by atoms with Gasteiger partial charge in [0.05, 0.1) is 6.42 Å². The van der Waals surface area contributed by atoms with Gasteiger partial charge in [-0.2, -0.15) is 0 Å². The first-order valence-corrected chi connectivity index (χ1v) is 4.80. The van der Waals surface area contributed by atoms with Crippen molar-refractivity contribution in [2.75, 3.05) is 6.54 Å². The number of hydrogen-bond donors (Lipinski definition) is 2. The molecule has 0 aromatic heterocycles. The first kappa shape index (κ1) is 10.8. The molecule has 1 fully saturated rings. The van der Waals surface area contributed by atoms with Gasteiger partial charge in [0, 0.05) is 12.6 Å². The third-order valence-corrected chi connectivity index (χ3v) is 2.57. The summed E-state index contributed by atoms with van der Waals surface area (Å²) in [4.78, 5) is 13.4. The summed E-state index contributed by atoms with van der Waals surface area (Å²) in [5, 5.41) is 11.1. The standard InChI is InChI=1S/C9H17N3O2/c1-6-3-7(2)12(5-6)9(13)4-8(10)11-14/h6-7,14H,3-5H2,1-2H3,(H2,10,11). The number of amides is 1. The Balaban J connectivity index is 2.53. The predicted octanol–water partition coefficient (Wildman–Crippen LogP) is 0.380. The van der Waals surface area contributed by atoms with E-state index in [2.05, 4.69) is 12.1 Å². The highest BCUT2D eigenvalue weighted by atomic mass is 16.4. The minimum absolute atomic E-state index is 0.00750. The van der Waals surface area contributed by atoms with E-state index in [0.717, 1.165) is 13.0 Å². The summed E-state index contributed by atoms with van der Waals surface area (Å²) in [7, 11) is 0. The van der Waals surface area contributed by atoms with Gasteiger partial charge in [-0.3, -0.25) is 4.79 Å². The molecule has 0 aromatic carbocycles. The molecule has 1 saturated heterocycles. The molecule has 0 saturated carbocycles. The van der Waals surface area contributed by atoms with Crippen LogP contribution in [-0.2, 0) is 4.79 Å². The molecule has 0 radical (unpaired) electrons.